The highest BCUT2D eigenvalue weighted by Crippen LogP contribution is 2.28. The molecule has 0 radical (unpaired) electrons. The fourth-order valence-electron chi connectivity index (χ4n) is 1.17. The van der Waals surface area contributed by atoms with Crippen molar-refractivity contribution in [3.05, 3.63) is 30.6 Å². The van der Waals surface area contributed by atoms with E-state index < -0.39 is 12.0 Å². The van der Waals surface area contributed by atoms with Crippen LogP contribution in [0.1, 0.15) is 5.82 Å². The van der Waals surface area contributed by atoms with Crippen LogP contribution in [0.25, 0.3) is 11.3 Å². The molecule has 0 aliphatic carbocycles. The number of rotatable bonds is 1. The molecule has 0 saturated heterocycles. The first-order chi connectivity index (χ1) is 7.97. The van der Waals surface area contributed by atoms with Crippen LogP contribution in [0.3, 0.4) is 0 Å². The number of aromatic nitrogens is 4. The normalized spacial score (nSPS) is 11.5. The maximum absolute atomic E-state index is 12.5. The fraction of sp³-hybridized carbons (Fsp3) is 0.111. The van der Waals surface area contributed by atoms with Gasteiger partial charge in [0.05, 0.1) is 5.69 Å². The van der Waals surface area contributed by atoms with Crippen molar-refractivity contribution in [3.8, 4) is 11.3 Å². The highest BCUT2D eigenvalue weighted by atomic mass is 19.4. The highest BCUT2D eigenvalue weighted by Gasteiger charge is 2.35. The van der Waals surface area contributed by atoms with Crippen LogP contribution < -0.4 is 5.73 Å². The third-order valence-electron chi connectivity index (χ3n) is 1.86. The Labute approximate surface area is 93.6 Å². The van der Waals surface area contributed by atoms with Crippen LogP contribution >= 0.6 is 0 Å². The van der Waals surface area contributed by atoms with Gasteiger partial charge >= 0.3 is 6.18 Å². The van der Waals surface area contributed by atoms with Crippen molar-refractivity contribution in [3.63, 3.8) is 0 Å². The molecule has 0 bridgehead atoms. The van der Waals surface area contributed by atoms with Crippen LogP contribution in [0.2, 0.25) is 0 Å². The number of nitrogen functional groups attached to an aromatic ring is 1. The minimum absolute atomic E-state index is 0.0328. The SMILES string of the molecule is Nc1cc(-c2cncnc2)nc(C(F)(F)F)n1. The quantitative estimate of drug-likeness (QED) is 0.819. The molecule has 8 heteroatoms. The fourth-order valence-corrected chi connectivity index (χ4v) is 1.17. The minimum atomic E-state index is -4.64. The van der Waals surface area contributed by atoms with E-state index in [1.54, 1.807) is 0 Å². The summed E-state index contributed by atoms with van der Waals surface area (Å²) < 4.78 is 37.4. The number of hydrogen-bond acceptors (Lipinski definition) is 5. The van der Waals surface area contributed by atoms with Crippen molar-refractivity contribution in [2.75, 3.05) is 5.73 Å². The van der Waals surface area contributed by atoms with Gasteiger partial charge < -0.3 is 5.73 Å². The van der Waals surface area contributed by atoms with E-state index in [-0.39, 0.29) is 11.5 Å². The third-order valence-corrected chi connectivity index (χ3v) is 1.86. The smallest absolute Gasteiger partial charge is 0.384 e. The van der Waals surface area contributed by atoms with Gasteiger partial charge in [-0.2, -0.15) is 13.2 Å². The lowest BCUT2D eigenvalue weighted by Gasteiger charge is -2.07. The molecule has 5 nitrogen and oxygen atoms in total. The molecule has 0 aromatic carbocycles. The van der Waals surface area contributed by atoms with Crippen LogP contribution in [0, 0.1) is 0 Å². The Kier molecular flexibility index (Phi) is 2.62. The maximum atomic E-state index is 12.5. The van der Waals surface area contributed by atoms with Crippen molar-refractivity contribution in [1.82, 2.24) is 19.9 Å². The summed E-state index contributed by atoms with van der Waals surface area (Å²) in [6.07, 6.45) is -0.692. The second-order valence-corrected chi connectivity index (χ2v) is 3.13. The molecule has 2 aromatic rings. The van der Waals surface area contributed by atoms with E-state index in [0.29, 0.717) is 5.56 Å². The lowest BCUT2D eigenvalue weighted by molar-refractivity contribution is -0.144. The number of hydrogen-bond donors (Lipinski definition) is 1. The van der Waals surface area contributed by atoms with Crippen molar-refractivity contribution >= 4 is 5.82 Å². The van der Waals surface area contributed by atoms with Gasteiger partial charge in [0.1, 0.15) is 12.1 Å². The monoisotopic (exact) mass is 241 g/mol. The molecule has 0 aliphatic rings. The van der Waals surface area contributed by atoms with Crippen LogP contribution in [-0.4, -0.2) is 19.9 Å². The Bertz CT molecular complexity index is 526. The Hall–Kier alpha value is -2.25. The molecule has 2 heterocycles. The van der Waals surface area contributed by atoms with Crippen molar-refractivity contribution in [2.45, 2.75) is 6.18 Å². The molecule has 2 aromatic heterocycles. The van der Waals surface area contributed by atoms with Crippen LogP contribution in [0.15, 0.2) is 24.8 Å². The predicted molar refractivity (Wildman–Crippen MR) is 52.5 cm³/mol. The molecular formula is C9H6F3N5. The van der Waals surface area contributed by atoms with Gasteiger partial charge in [0.15, 0.2) is 0 Å². The first kappa shape index (κ1) is 11.2. The topological polar surface area (TPSA) is 77.6 Å². The number of anilines is 1. The van der Waals surface area contributed by atoms with Gasteiger partial charge in [-0.25, -0.2) is 19.9 Å². The summed E-state index contributed by atoms with van der Waals surface area (Å²) in [5.74, 6) is -1.54. The van der Waals surface area contributed by atoms with Gasteiger partial charge in [0.2, 0.25) is 5.82 Å². The minimum Gasteiger partial charge on any atom is -0.384 e. The highest BCUT2D eigenvalue weighted by molar-refractivity contribution is 5.59. The molecule has 17 heavy (non-hydrogen) atoms. The molecule has 0 saturated carbocycles. The predicted octanol–water partition coefficient (Wildman–Crippen LogP) is 1.53. The summed E-state index contributed by atoms with van der Waals surface area (Å²) >= 11 is 0. The summed E-state index contributed by atoms with van der Waals surface area (Å²) in [5.41, 5.74) is 5.67. The molecule has 0 unspecified atom stereocenters. The Morgan fingerprint density at radius 2 is 1.71 bits per heavy atom. The summed E-state index contributed by atoms with van der Waals surface area (Å²) in [4.78, 5) is 13.9. The molecule has 0 amide bonds. The van der Waals surface area contributed by atoms with Crippen LogP contribution in [-0.2, 0) is 6.18 Å². The Morgan fingerprint density at radius 1 is 1.06 bits per heavy atom. The molecule has 2 rings (SSSR count). The molecule has 0 fully saturated rings. The molecule has 0 aliphatic heterocycles. The van der Waals surface area contributed by atoms with Gasteiger partial charge in [-0.3, -0.25) is 0 Å². The standard InChI is InChI=1S/C9H6F3N5/c10-9(11,12)8-16-6(1-7(13)17-8)5-2-14-4-15-3-5/h1-4H,(H2,13,16,17). The van der Waals surface area contributed by atoms with Crippen molar-refractivity contribution in [1.29, 1.82) is 0 Å². The van der Waals surface area contributed by atoms with E-state index in [4.69, 9.17) is 5.73 Å². The van der Waals surface area contributed by atoms with Crippen LogP contribution in [0.4, 0.5) is 19.0 Å². The first-order valence-electron chi connectivity index (χ1n) is 4.44. The van der Waals surface area contributed by atoms with Crippen LogP contribution in [0.5, 0.6) is 0 Å². The molecule has 0 spiro atoms. The van der Waals surface area contributed by atoms with Gasteiger partial charge in [-0.15, -0.1) is 0 Å². The van der Waals surface area contributed by atoms with E-state index >= 15 is 0 Å². The zero-order valence-corrected chi connectivity index (χ0v) is 8.31. The summed E-state index contributed by atoms with van der Waals surface area (Å²) in [5, 5.41) is 0. The maximum Gasteiger partial charge on any atom is 0.451 e. The van der Waals surface area contributed by atoms with E-state index in [9.17, 15) is 13.2 Å². The molecule has 0 atom stereocenters. The lowest BCUT2D eigenvalue weighted by Crippen LogP contribution is -2.13. The zero-order chi connectivity index (χ0) is 12.5. The van der Waals surface area contributed by atoms with Gasteiger partial charge in [-0.1, -0.05) is 0 Å². The van der Waals surface area contributed by atoms with E-state index in [2.05, 4.69) is 19.9 Å². The van der Waals surface area contributed by atoms with E-state index in [1.807, 2.05) is 0 Å². The van der Waals surface area contributed by atoms with Gasteiger partial charge in [0.25, 0.3) is 0 Å². The number of nitrogens with zero attached hydrogens (tertiary/aromatic N) is 4. The lowest BCUT2D eigenvalue weighted by atomic mass is 10.2. The zero-order valence-electron chi connectivity index (χ0n) is 8.31. The van der Waals surface area contributed by atoms with Gasteiger partial charge in [0, 0.05) is 24.0 Å². The van der Waals surface area contributed by atoms with Crippen molar-refractivity contribution < 1.29 is 13.2 Å². The van der Waals surface area contributed by atoms with E-state index in [0.717, 1.165) is 0 Å². The number of alkyl halides is 3. The molecular weight excluding hydrogens is 235 g/mol. The second kappa shape index (κ2) is 3.96. The third kappa shape index (κ3) is 2.47. The van der Waals surface area contributed by atoms with Crippen molar-refractivity contribution in [2.24, 2.45) is 0 Å². The van der Waals surface area contributed by atoms with Gasteiger partial charge in [-0.05, 0) is 0 Å². The molecule has 2 N–H and O–H groups in total. The Balaban J connectivity index is 2.54. The summed E-state index contributed by atoms with van der Waals surface area (Å²) in [6.45, 7) is 0. The average molecular weight is 241 g/mol. The summed E-state index contributed by atoms with van der Waals surface area (Å²) in [7, 11) is 0. The number of halogens is 3. The second-order valence-electron chi connectivity index (χ2n) is 3.13. The van der Waals surface area contributed by atoms with E-state index in [1.165, 1.54) is 24.8 Å². The first-order valence-corrected chi connectivity index (χ1v) is 4.44. The number of nitrogens with two attached hydrogens (primary N) is 1. The average Bonchev–Trinajstić information content (AvgIpc) is 2.28. The Morgan fingerprint density at radius 3 is 2.29 bits per heavy atom. The molecule has 88 valence electrons. The summed E-state index contributed by atoms with van der Waals surface area (Å²) in [6, 6.07) is 1.23. The largest absolute Gasteiger partial charge is 0.451 e.